The molecule has 0 aromatic carbocycles. The molecule has 1 aromatic rings. The molecule has 90 valence electrons. The Hall–Kier alpha value is -0.680. The van der Waals surface area contributed by atoms with Crippen molar-refractivity contribution in [2.75, 3.05) is 6.61 Å². The lowest BCUT2D eigenvalue weighted by Gasteiger charge is -2.10. The molecule has 2 N–H and O–H groups in total. The lowest BCUT2D eigenvalue weighted by atomic mass is 10.1. The molecular formula is C11H16BrFN2O. The van der Waals surface area contributed by atoms with Gasteiger partial charge in [-0.15, -0.1) is 0 Å². The van der Waals surface area contributed by atoms with Crippen molar-refractivity contribution in [3.8, 4) is 5.88 Å². The Morgan fingerprint density at radius 2 is 2.25 bits per heavy atom. The van der Waals surface area contributed by atoms with Gasteiger partial charge in [-0.1, -0.05) is 13.8 Å². The molecule has 0 saturated carbocycles. The van der Waals surface area contributed by atoms with E-state index in [1.54, 1.807) is 0 Å². The fraction of sp³-hybridized carbons (Fsp3) is 0.545. The number of hydrogen-bond acceptors (Lipinski definition) is 3. The Bertz CT molecular complexity index is 358. The third-order valence-corrected chi connectivity index (χ3v) is 2.86. The van der Waals surface area contributed by atoms with Crippen molar-refractivity contribution in [1.29, 1.82) is 0 Å². The Labute approximate surface area is 103 Å². The molecule has 0 bridgehead atoms. The van der Waals surface area contributed by atoms with Crippen molar-refractivity contribution >= 4 is 15.9 Å². The van der Waals surface area contributed by atoms with E-state index in [4.69, 9.17) is 10.5 Å². The van der Waals surface area contributed by atoms with Gasteiger partial charge in [-0.05, 0) is 28.3 Å². The van der Waals surface area contributed by atoms with Gasteiger partial charge < -0.3 is 10.5 Å². The van der Waals surface area contributed by atoms with Gasteiger partial charge in [-0.2, -0.15) is 0 Å². The maximum absolute atomic E-state index is 13.8. The smallest absolute Gasteiger partial charge is 0.250 e. The maximum atomic E-state index is 13.8. The Morgan fingerprint density at radius 3 is 2.81 bits per heavy atom. The normalized spacial score (nSPS) is 10.9. The lowest BCUT2D eigenvalue weighted by molar-refractivity contribution is 0.264. The number of hydrogen-bond donors (Lipinski definition) is 1. The van der Waals surface area contributed by atoms with Crippen LogP contribution in [0.2, 0.25) is 0 Å². The summed E-state index contributed by atoms with van der Waals surface area (Å²) in [6.45, 7) is 4.75. The van der Waals surface area contributed by atoms with E-state index in [-0.39, 0.29) is 12.4 Å². The summed E-state index contributed by atoms with van der Waals surface area (Å²) in [4.78, 5) is 3.88. The molecule has 3 nitrogen and oxygen atoms in total. The highest BCUT2D eigenvalue weighted by Gasteiger charge is 2.13. The molecule has 0 spiro atoms. The van der Waals surface area contributed by atoms with Gasteiger partial charge in [0.05, 0.1) is 6.61 Å². The van der Waals surface area contributed by atoms with Crippen molar-refractivity contribution in [2.45, 2.75) is 26.8 Å². The predicted molar refractivity (Wildman–Crippen MR) is 64.7 cm³/mol. The average Bonchev–Trinajstić information content (AvgIpc) is 2.22. The molecule has 0 atom stereocenters. The summed E-state index contributed by atoms with van der Waals surface area (Å²) in [5.41, 5.74) is 5.84. The van der Waals surface area contributed by atoms with Crippen LogP contribution in [0.4, 0.5) is 4.39 Å². The first-order valence-corrected chi connectivity index (χ1v) is 6.01. The zero-order valence-corrected chi connectivity index (χ0v) is 11.1. The first kappa shape index (κ1) is 13.4. The van der Waals surface area contributed by atoms with E-state index in [0.717, 1.165) is 6.42 Å². The molecule has 1 aromatic heterocycles. The molecule has 0 radical (unpaired) electrons. The predicted octanol–water partition coefficient (Wildman–Crippen LogP) is 2.87. The van der Waals surface area contributed by atoms with E-state index in [9.17, 15) is 4.39 Å². The third-order valence-electron chi connectivity index (χ3n) is 2.17. The molecule has 5 heteroatoms. The van der Waals surface area contributed by atoms with Crippen LogP contribution in [-0.2, 0) is 6.54 Å². The van der Waals surface area contributed by atoms with Gasteiger partial charge in [-0.25, -0.2) is 9.37 Å². The van der Waals surface area contributed by atoms with Gasteiger partial charge in [-0.3, -0.25) is 0 Å². The summed E-state index contributed by atoms with van der Waals surface area (Å²) in [6, 6.07) is 0. The monoisotopic (exact) mass is 290 g/mol. The van der Waals surface area contributed by atoms with Crippen molar-refractivity contribution < 1.29 is 9.13 Å². The van der Waals surface area contributed by atoms with E-state index in [2.05, 4.69) is 34.8 Å². The van der Waals surface area contributed by atoms with Gasteiger partial charge in [0, 0.05) is 22.8 Å². The zero-order valence-electron chi connectivity index (χ0n) is 9.46. The summed E-state index contributed by atoms with van der Waals surface area (Å²) in [6.07, 6.45) is 2.38. The largest absolute Gasteiger partial charge is 0.476 e. The van der Waals surface area contributed by atoms with Crippen molar-refractivity contribution in [3.05, 3.63) is 22.1 Å². The molecule has 0 aliphatic carbocycles. The molecule has 1 heterocycles. The second kappa shape index (κ2) is 6.15. The van der Waals surface area contributed by atoms with Gasteiger partial charge in [0.1, 0.15) is 0 Å². The first-order valence-electron chi connectivity index (χ1n) is 5.22. The second-order valence-corrected chi connectivity index (χ2v) is 4.79. The van der Waals surface area contributed by atoms with Crippen molar-refractivity contribution in [3.63, 3.8) is 0 Å². The number of ether oxygens (including phenoxy) is 1. The SMILES string of the molecule is CC(C)CCOc1ncc(Br)c(CN)c1F. The van der Waals surface area contributed by atoms with E-state index in [1.165, 1.54) is 6.20 Å². The number of pyridine rings is 1. The summed E-state index contributed by atoms with van der Waals surface area (Å²) >= 11 is 3.19. The standard InChI is InChI=1S/C11H16BrFN2O/c1-7(2)3-4-16-11-10(13)8(5-14)9(12)6-15-11/h6-7H,3-5,14H2,1-2H3. The lowest BCUT2D eigenvalue weighted by Crippen LogP contribution is -2.08. The van der Waals surface area contributed by atoms with Gasteiger partial charge in [0.15, 0.2) is 5.82 Å². The first-order chi connectivity index (χ1) is 7.56. The fourth-order valence-electron chi connectivity index (χ4n) is 1.16. The van der Waals surface area contributed by atoms with E-state index < -0.39 is 5.82 Å². The van der Waals surface area contributed by atoms with Crippen LogP contribution in [-0.4, -0.2) is 11.6 Å². The summed E-state index contributed by atoms with van der Waals surface area (Å²) < 4.78 is 19.6. The van der Waals surface area contributed by atoms with Crippen LogP contribution in [0.3, 0.4) is 0 Å². The van der Waals surface area contributed by atoms with Crippen LogP contribution in [0, 0.1) is 11.7 Å². The minimum Gasteiger partial charge on any atom is -0.476 e. The fourth-order valence-corrected chi connectivity index (χ4v) is 1.60. The number of rotatable bonds is 5. The highest BCUT2D eigenvalue weighted by molar-refractivity contribution is 9.10. The van der Waals surface area contributed by atoms with E-state index in [0.29, 0.717) is 22.6 Å². The van der Waals surface area contributed by atoms with Crippen molar-refractivity contribution in [1.82, 2.24) is 4.98 Å². The average molecular weight is 291 g/mol. The topological polar surface area (TPSA) is 48.1 Å². The molecule has 0 aliphatic rings. The van der Waals surface area contributed by atoms with E-state index >= 15 is 0 Å². The highest BCUT2D eigenvalue weighted by Crippen LogP contribution is 2.24. The molecule has 0 aliphatic heterocycles. The van der Waals surface area contributed by atoms with E-state index in [1.807, 2.05) is 0 Å². The Balaban J connectivity index is 2.74. The van der Waals surface area contributed by atoms with Crippen LogP contribution in [0.25, 0.3) is 0 Å². The number of aromatic nitrogens is 1. The summed E-state index contributed by atoms with van der Waals surface area (Å²) in [7, 11) is 0. The molecule has 0 saturated heterocycles. The van der Waals surface area contributed by atoms with Crippen molar-refractivity contribution in [2.24, 2.45) is 11.7 Å². The molecule has 0 amide bonds. The van der Waals surface area contributed by atoms with Crippen LogP contribution in [0.5, 0.6) is 5.88 Å². The molecule has 0 fully saturated rings. The number of halogens is 2. The molecule has 16 heavy (non-hydrogen) atoms. The molecular weight excluding hydrogens is 275 g/mol. The van der Waals surface area contributed by atoms with Crippen LogP contribution >= 0.6 is 15.9 Å². The van der Waals surface area contributed by atoms with Gasteiger partial charge >= 0.3 is 0 Å². The minimum absolute atomic E-state index is 0.0318. The zero-order chi connectivity index (χ0) is 12.1. The third kappa shape index (κ3) is 3.42. The summed E-state index contributed by atoms with van der Waals surface area (Å²) in [5.74, 6) is 0.0809. The van der Waals surface area contributed by atoms with Gasteiger partial charge in [0.25, 0.3) is 5.88 Å². The second-order valence-electron chi connectivity index (χ2n) is 3.94. The summed E-state index contributed by atoms with van der Waals surface area (Å²) in [5, 5.41) is 0. The van der Waals surface area contributed by atoms with Crippen LogP contribution < -0.4 is 10.5 Å². The van der Waals surface area contributed by atoms with Crippen LogP contribution in [0.1, 0.15) is 25.8 Å². The quantitative estimate of drug-likeness (QED) is 0.907. The molecule has 0 unspecified atom stereocenters. The number of nitrogens with zero attached hydrogens (tertiary/aromatic N) is 1. The Kier molecular flexibility index (Phi) is 5.15. The minimum atomic E-state index is -0.472. The molecule has 1 rings (SSSR count). The maximum Gasteiger partial charge on any atom is 0.250 e. The number of nitrogens with two attached hydrogens (primary N) is 1. The van der Waals surface area contributed by atoms with Crippen LogP contribution in [0.15, 0.2) is 10.7 Å². The Morgan fingerprint density at radius 1 is 1.56 bits per heavy atom. The van der Waals surface area contributed by atoms with Gasteiger partial charge in [0.2, 0.25) is 0 Å². The highest BCUT2D eigenvalue weighted by atomic mass is 79.9.